The Morgan fingerprint density at radius 1 is 1.11 bits per heavy atom. The van der Waals surface area contributed by atoms with Gasteiger partial charge in [-0.15, -0.1) is 0 Å². The van der Waals surface area contributed by atoms with E-state index >= 15 is 4.39 Å². The average Bonchev–Trinajstić information content (AvgIpc) is 3.52. The summed E-state index contributed by atoms with van der Waals surface area (Å²) >= 11 is 0. The fourth-order valence-corrected chi connectivity index (χ4v) is 7.81. The van der Waals surface area contributed by atoms with E-state index in [0.29, 0.717) is 64.5 Å². The third kappa shape index (κ3) is 7.95. The minimum absolute atomic E-state index is 0.0366. The van der Waals surface area contributed by atoms with Gasteiger partial charge >= 0.3 is 6.01 Å². The number of aromatic amines is 1. The molecular formula is C42H52FN9O3. The molecule has 3 fully saturated rings. The van der Waals surface area contributed by atoms with Crippen LogP contribution in [0.5, 0.6) is 11.8 Å². The molecular weight excluding hydrogens is 698 g/mol. The number of aryl methyl sites for hydroxylation is 1. The van der Waals surface area contributed by atoms with Gasteiger partial charge in [0.05, 0.1) is 24.2 Å². The van der Waals surface area contributed by atoms with Gasteiger partial charge in [-0.3, -0.25) is 10.1 Å². The summed E-state index contributed by atoms with van der Waals surface area (Å²) in [6, 6.07) is 11.9. The number of piperazine rings is 1. The van der Waals surface area contributed by atoms with E-state index in [2.05, 4.69) is 86.9 Å². The fraction of sp³-hybridized carbons (Fsp3) is 0.500. The van der Waals surface area contributed by atoms with Crippen molar-refractivity contribution in [2.45, 2.75) is 96.0 Å². The molecule has 12 nitrogen and oxygen atoms in total. The number of ether oxygens (including phenoxy) is 2. The van der Waals surface area contributed by atoms with Gasteiger partial charge in [-0.2, -0.15) is 20.2 Å². The number of phenols is 1. The first-order valence-corrected chi connectivity index (χ1v) is 19.7. The number of hydrogen-bond donors (Lipinski definition) is 3. The number of halogens is 1. The summed E-state index contributed by atoms with van der Waals surface area (Å²) in [5, 5.41) is 35.8. The summed E-state index contributed by atoms with van der Waals surface area (Å²) in [5.74, 6) is 1.30. The van der Waals surface area contributed by atoms with E-state index in [0.717, 1.165) is 66.8 Å². The van der Waals surface area contributed by atoms with Crippen molar-refractivity contribution < 1.29 is 19.0 Å². The second kappa shape index (κ2) is 15.7. The zero-order valence-electron chi connectivity index (χ0n) is 32.4. The highest BCUT2D eigenvalue weighted by atomic mass is 19.1. The molecule has 1 saturated carbocycles. The van der Waals surface area contributed by atoms with Gasteiger partial charge in [0.15, 0.2) is 0 Å². The molecule has 0 radical (unpaired) electrons. The molecule has 5 atom stereocenters. The normalized spacial score (nSPS) is 22.9. The maximum absolute atomic E-state index is 15.4. The van der Waals surface area contributed by atoms with Crippen LogP contribution in [0.3, 0.4) is 0 Å². The number of H-pyrrole nitrogens is 1. The first-order valence-electron chi connectivity index (χ1n) is 19.7. The molecule has 3 aliphatic heterocycles. The van der Waals surface area contributed by atoms with Crippen molar-refractivity contribution in [3.8, 4) is 11.8 Å². The molecule has 5 heterocycles. The van der Waals surface area contributed by atoms with Crippen LogP contribution in [0.25, 0.3) is 23.1 Å². The smallest absolute Gasteiger partial charge is 0.319 e. The number of methoxy groups -OCH3 is 1. The Morgan fingerprint density at radius 3 is 2.64 bits per heavy atom. The Balaban J connectivity index is 1.04. The van der Waals surface area contributed by atoms with Crippen molar-refractivity contribution in [1.29, 1.82) is 0 Å². The van der Waals surface area contributed by atoms with Crippen LogP contribution in [0.1, 0.15) is 87.6 Å². The Labute approximate surface area is 321 Å². The van der Waals surface area contributed by atoms with E-state index < -0.39 is 0 Å². The van der Waals surface area contributed by atoms with Crippen LogP contribution >= 0.6 is 0 Å². The number of benzene rings is 2. The lowest BCUT2D eigenvalue weighted by atomic mass is 9.97. The summed E-state index contributed by atoms with van der Waals surface area (Å²) in [6.45, 7) is 11.3. The number of allylic oxidation sites excluding steroid dienone is 2. The van der Waals surface area contributed by atoms with Crippen LogP contribution in [0, 0.1) is 5.92 Å². The number of aromatic hydroxyl groups is 1. The van der Waals surface area contributed by atoms with Gasteiger partial charge in [-0.05, 0) is 98.8 Å². The van der Waals surface area contributed by atoms with Gasteiger partial charge in [0.2, 0.25) is 0 Å². The van der Waals surface area contributed by atoms with Gasteiger partial charge in [0.1, 0.15) is 35.6 Å². The van der Waals surface area contributed by atoms with E-state index in [-0.39, 0.29) is 36.3 Å². The lowest BCUT2D eigenvalue weighted by Gasteiger charge is -2.30. The van der Waals surface area contributed by atoms with Gasteiger partial charge < -0.3 is 24.8 Å². The van der Waals surface area contributed by atoms with E-state index in [1.165, 1.54) is 6.08 Å². The molecule has 4 unspecified atom stereocenters. The number of aromatic nitrogens is 4. The number of rotatable bonds is 14. The maximum atomic E-state index is 15.4. The molecule has 13 heteroatoms. The van der Waals surface area contributed by atoms with E-state index in [1.54, 1.807) is 19.4 Å². The Kier molecular flexibility index (Phi) is 10.6. The molecule has 2 saturated heterocycles. The lowest BCUT2D eigenvalue weighted by Crippen LogP contribution is -2.44. The topological polar surface area (TPSA) is 136 Å². The van der Waals surface area contributed by atoms with E-state index in [1.807, 2.05) is 13.0 Å². The van der Waals surface area contributed by atoms with Crippen LogP contribution in [-0.4, -0.2) is 87.9 Å². The zero-order valence-corrected chi connectivity index (χ0v) is 32.4. The molecule has 0 spiro atoms. The highest BCUT2D eigenvalue weighted by Crippen LogP contribution is 2.48. The highest BCUT2D eigenvalue weighted by molar-refractivity contribution is 5.97. The molecule has 2 aromatic carbocycles. The second-order valence-electron chi connectivity index (χ2n) is 16.0. The van der Waals surface area contributed by atoms with Gasteiger partial charge in [-0.25, -0.2) is 4.39 Å². The zero-order chi connectivity index (χ0) is 38.2. The number of anilines is 1. The van der Waals surface area contributed by atoms with Gasteiger partial charge in [0.25, 0.3) is 0 Å². The van der Waals surface area contributed by atoms with Gasteiger partial charge in [0, 0.05) is 54.5 Å². The lowest BCUT2D eigenvalue weighted by molar-refractivity contribution is 0.0682. The SMILES string of the molecule is CO[C@@H](C)COc1nc(N2CC3CC2CN3)c2cc(C3CC3)c(\C=c3/cn[nH]/c3=C/C(F)=C/CCc3ccc(C4CN(C(C)C(C)C)N=N4)cc3)c(O)c2n1. The summed E-state index contributed by atoms with van der Waals surface area (Å²) in [5.41, 5.74) is 4.39. The van der Waals surface area contributed by atoms with E-state index in [4.69, 9.17) is 19.4 Å². The molecule has 4 aliphatic rings. The second-order valence-corrected chi connectivity index (χ2v) is 16.0. The Morgan fingerprint density at radius 2 is 1.93 bits per heavy atom. The molecule has 290 valence electrons. The molecule has 8 rings (SSSR count). The number of hydrogen-bond acceptors (Lipinski definition) is 11. The Bertz CT molecular complexity index is 2200. The van der Waals surface area contributed by atoms with Crippen molar-refractivity contribution in [2.75, 3.05) is 38.3 Å². The maximum Gasteiger partial charge on any atom is 0.319 e. The van der Waals surface area contributed by atoms with E-state index in [9.17, 15) is 5.11 Å². The quantitative estimate of drug-likeness (QED) is 0.147. The number of fused-ring (bicyclic) bond motifs is 3. The minimum atomic E-state index is -0.356. The van der Waals surface area contributed by atoms with Crippen molar-refractivity contribution in [2.24, 2.45) is 16.3 Å². The van der Waals surface area contributed by atoms with Crippen molar-refractivity contribution in [1.82, 2.24) is 30.5 Å². The third-order valence-corrected chi connectivity index (χ3v) is 11.7. The van der Waals surface area contributed by atoms with Crippen LogP contribution in [-0.2, 0) is 11.2 Å². The molecule has 2 aromatic heterocycles. The summed E-state index contributed by atoms with van der Waals surface area (Å²) in [4.78, 5) is 12.0. The molecule has 2 bridgehead atoms. The summed E-state index contributed by atoms with van der Waals surface area (Å²) in [7, 11) is 1.64. The fourth-order valence-electron chi connectivity index (χ4n) is 7.81. The minimum Gasteiger partial charge on any atom is -0.505 e. The third-order valence-electron chi connectivity index (χ3n) is 11.7. The van der Waals surface area contributed by atoms with Crippen molar-refractivity contribution in [3.63, 3.8) is 0 Å². The highest BCUT2D eigenvalue weighted by Gasteiger charge is 2.40. The van der Waals surface area contributed by atoms with Gasteiger partial charge in [-0.1, -0.05) is 43.3 Å². The van der Waals surface area contributed by atoms with Crippen LogP contribution in [0.15, 0.2) is 58.8 Å². The monoisotopic (exact) mass is 749 g/mol. The summed E-state index contributed by atoms with van der Waals surface area (Å²) in [6.07, 6.45) is 10.8. The van der Waals surface area contributed by atoms with Crippen molar-refractivity contribution >= 4 is 28.9 Å². The molecule has 0 amide bonds. The summed E-state index contributed by atoms with van der Waals surface area (Å²) < 4.78 is 26.8. The first kappa shape index (κ1) is 37.1. The average molecular weight is 750 g/mol. The van der Waals surface area contributed by atoms with Crippen molar-refractivity contribution in [3.05, 3.63) is 81.3 Å². The van der Waals surface area contributed by atoms with Crippen LogP contribution in [0.4, 0.5) is 10.2 Å². The van der Waals surface area contributed by atoms with Crippen LogP contribution < -0.4 is 25.5 Å². The number of nitrogens with zero attached hydrogens (tertiary/aromatic N) is 7. The largest absolute Gasteiger partial charge is 0.505 e. The number of nitrogens with one attached hydrogen (secondary N) is 2. The predicted octanol–water partition coefficient (Wildman–Crippen LogP) is 5.76. The van der Waals surface area contributed by atoms with Crippen LogP contribution in [0.2, 0.25) is 0 Å². The predicted molar refractivity (Wildman–Crippen MR) is 211 cm³/mol. The first-order chi connectivity index (χ1) is 26.6. The standard InChI is InChI=1S/C42H52FN9O3/c1-24(2)26(4)52-22-38(49-50-52)29-11-9-27(10-12-29)7-6-8-31(43)16-37-30(19-45-48-37)15-35-34(28-13-14-28)18-36-39(40(35)53)46-42(55-23-25(3)54-5)47-41(36)51-21-32-17-33(51)20-44-32/h8-12,15-16,18-19,24-26,28,32-33,38,44,48,53H,6-7,13-14,17,20-23H2,1-5H3/b30-15+,31-8-,37-16+/t25-,26?,32?,33?,38?/m0/s1. The molecule has 3 N–H and O–H groups in total. The molecule has 1 aliphatic carbocycles. The number of phenolic OH excluding ortho intramolecular Hbond substituents is 1. The molecule has 55 heavy (non-hydrogen) atoms. The molecule has 4 aromatic rings. The Hall–Kier alpha value is -4.88.